The zero-order valence-corrected chi connectivity index (χ0v) is 19.3. The highest BCUT2D eigenvalue weighted by Gasteiger charge is 2.29. The number of carbonyl (C=O) groups is 1. The van der Waals surface area contributed by atoms with Gasteiger partial charge in [0, 0.05) is 44.5 Å². The molecule has 1 N–H and O–H groups in total. The predicted octanol–water partition coefficient (Wildman–Crippen LogP) is 3.50. The first kappa shape index (κ1) is 22.5. The second-order valence-corrected chi connectivity index (χ2v) is 8.80. The van der Waals surface area contributed by atoms with Gasteiger partial charge in [-0.25, -0.2) is 0 Å². The van der Waals surface area contributed by atoms with E-state index in [1.165, 1.54) is 18.4 Å². The fourth-order valence-electron chi connectivity index (χ4n) is 4.87. The Balaban J connectivity index is 1.56. The van der Waals surface area contributed by atoms with E-state index >= 15 is 0 Å². The largest absolute Gasteiger partial charge is 0.493 e. The Labute approximate surface area is 191 Å². The topological polar surface area (TPSA) is 54.0 Å². The first-order valence-electron chi connectivity index (χ1n) is 11.7. The molecule has 1 heterocycles. The summed E-state index contributed by atoms with van der Waals surface area (Å²) in [6.45, 7) is 2.99. The zero-order chi connectivity index (χ0) is 22.3. The van der Waals surface area contributed by atoms with Crippen LogP contribution in [0.1, 0.15) is 31.2 Å². The Morgan fingerprint density at radius 1 is 1.06 bits per heavy atom. The summed E-state index contributed by atoms with van der Waals surface area (Å²) in [6.07, 6.45) is 5.90. The van der Waals surface area contributed by atoms with Crippen LogP contribution in [0.4, 0.5) is 5.69 Å². The molecule has 1 aliphatic heterocycles. The minimum Gasteiger partial charge on any atom is -0.493 e. The second-order valence-electron chi connectivity index (χ2n) is 8.80. The Kier molecular flexibility index (Phi) is 7.53. The number of ether oxygens (including phenoxy) is 2. The third-order valence-corrected chi connectivity index (χ3v) is 6.60. The van der Waals surface area contributed by atoms with Gasteiger partial charge in [-0.15, -0.1) is 0 Å². The molecule has 6 heteroatoms. The maximum atomic E-state index is 12.0. The maximum absolute atomic E-state index is 12.0. The van der Waals surface area contributed by atoms with Gasteiger partial charge in [-0.1, -0.05) is 30.3 Å². The van der Waals surface area contributed by atoms with Crippen molar-refractivity contribution >= 4 is 11.6 Å². The molecule has 2 aromatic rings. The molecule has 0 aromatic heterocycles. The molecular weight excluding hydrogens is 402 g/mol. The number of anilines is 1. The first-order valence-corrected chi connectivity index (χ1v) is 11.7. The number of nitrogens with zero attached hydrogens (tertiary/aromatic N) is 2. The highest BCUT2D eigenvalue weighted by atomic mass is 16.5. The Bertz CT molecular complexity index is 883. The standard InChI is InChI=1S/C26H35N3O3/c1-27-26(30)19-28-14-15-29(22(18-28)16-20-8-4-3-5-9-20)21-12-13-24(31-2)25(17-21)32-23-10-6-7-11-23/h3-5,8-9,12-13,17,22-23H,6-7,10-11,14-16,18-19H2,1-2H3,(H,27,30). The van der Waals surface area contributed by atoms with Crippen LogP contribution >= 0.6 is 0 Å². The van der Waals surface area contributed by atoms with Gasteiger partial charge in [-0.3, -0.25) is 9.69 Å². The van der Waals surface area contributed by atoms with Crippen molar-refractivity contribution < 1.29 is 14.3 Å². The molecule has 2 aromatic carbocycles. The smallest absolute Gasteiger partial charge is 0.233 e. The first-order chi connectivity index (χ1) is 15.7. The lowest BCUT2D eigenvalue weighted by Crippen LogP contribution is -2.55. The van der Waals surface area contributed by atoms with E-state index in [0.29, 0.717) is 6.54 Å². The van der Waals surface area contributed by atoms with Gasteiger partial charge in [-0.2, -0.15) is 0 Å². The molecule has 1 amide bonds. The van der Waals surface area contributed by atoms with Gasteiger partial charge in [0.2, 0.25) is 5.91 Å². The molecule has 1 saturated heterocycles. The summed E-state index contributed by atoms with van der Waals surface area (Å²) in [5.41, 5.74) is 2.46. The van der Waals surface area contributed by atoms with Crippen LogP contribution in [0.25, 0.3) is 0 Å². The molecule has 1 atom stereocenters. The van der Waals surface area contributed by atoms with Crippen molar-refractivity contribution in [1.82, 2.24) is 10.2 Å². The molecule has 2 fully saturated rings. The summed E-state index contributed by atoms with van der Waals surface area (Å²) in [4.78, 5) is 16.7. The van der Waals surface area contributed by atoms with Crippen molar-refractivity contribution in [2.75, 3.05) is 45.2 Å². The minimum absolute atomic E-state index is 0.0635. The summed E-state index contributed by atoms with van der Waals surface area (Å²) < 4.78 is 12.0. The van der Waals surface area contributed by atoms with E-state index in [-0.39, 0.29) is 18.1 Å². The fraction of sp³-hybridized carbons (Fsp3) is 0.500. The van der Waals surface area contributed by atoms with Gasteiger partial charge in [-0.05, 0) is 49.8 Å². The van der Waals surface area contributed by atoms with Crippen molar-refractivity contribution in [3.8, 4) is 11.5 Å². The lowest BCUT2D eigenvalue weighted by atomic mass is 10.0. The number of piperazine rings is 1. The van der Waals surface area contributed by atoms with Crippen LogP contribution in [-0.4, -0.2) is 63.3 Å². The van der Waals surface area contributed by atoms with Crippen molar-refractivity contribution in [3.05, 3.63) is 54.1 Å². The van der Waals surface area contributed by atoms with E-state index in [1.54, 1.807) is 14.2 Å². The van der Waals surface area contributed by atoms with Crippen LogP contribution in [0.15, 0.2) is 48.5 Å². The monoisotopic (exact) mass is 437 g/mol. The SMILES string of the molecule is CNC(=O)CN1CCN(c2ccc(OC)c(OC3CCCC3)c2)C(Cc2ccccc2)C1. The number of nitrogens with one attached hydrogen (secondary N) is 1. The number of amides is 1. The zero-order valence-electron chi connectivity index (χ0n) is 19.3. The molecule has 0 radical (unpaired) electrons. The Hall–Kier alpha value is -2.73. The third kappa shape index (κ3) is 5.54. The van der Waals surface area contributed by atoms with E-state index in [4.69, 9.17) is 9.47 Å². The number of rotatable bonds is 8. The molecule has 172 valence electrons. The highest BCUT2D eigenvalue weighted by molar-refractivity contribution is 5.77. The summed E-state index contributed by atoms with van der Waals surface area (Å²) in [5, 5.41) is 2.75. The van der Waals surface area contributed by atoms with Crippen LogP contribution < -0.4 is 19.7 Å². The summed E-state index contributed by atoms with van der Waals surface area (Å²) in [7, 11) is 3.40. The number of hydrogen-bond donors (Lipinski definition) is 1. The molecule has 6 nitrogen and oxygen atoms in total. The Morgan fingerprint density at radius 3 is 2.56 bits per heavy atom. The molecule has 2 aliphatic rings. The molecule has 0 bridgehead atoms. The highest BCUT2D eigenvalue weighted by Crippen LogP contribution is 2.36. The molecule has 1 unspecified atom stereocenters. The Morgan fingerprint density at radius 2 is 1.84 bits per heavy atom. The van der Waals surface area contributed by atoms with Crippen LogP contribution in [-0.2, 0) is 11.2 Å². The van der Waals surface area contributed by atoms with Crippen molar-refractivity contribution in [3.63, 3.8) is 0 Å². The van der Waals surface area contributed by atoms with Gasteiger partial charge in [0.15, 0.2) is 11.5 Å². The normalized spacial score (nSPS) is 19.7. The van der Waals surface area contributed by atoms with Crippen molar-refractivity contribution in [2.24, 2.45) is 0 Å². The number of carbonyl (C=O) groups excluding carboxylic acids is 1. The summed E-state index contributed by atoms with van der Waals surface area (Å²) >= 11 is 0. The van der Waals surface area contributed by atoms with Gasteiger partial charge >= 0.3 is 0 Å². The number of methoxy groups -OCH3 is 1. The molecule has 4 rings (SSSR count). The van der Waals surface area contributed by atoms with Crippen LogP contribution in [0.5, 0.6) is 11.5 Å². The molecule has 1 aliphatic carbocycles. The van der Waals surface area contributed by atoms with Crippen LogP contribution in [0.3, 0.4) is 0 Å². The number of benzene rings is 2. The molecule has 32 heavy (non-hydrogen) atoms. The molecule has 1 saturated carbocycles. The number of hydrogen-bond acceptors (Lipinski definition) is 5. The average Bonchev–Trinajstić information content (AvgIpc) is 3.33. The summed E-state index contributed by atoms with van der Waals surface area (Å²) in [5.74, 6) is 1.69. The van der Waals surface area contributed by atoms with Gasteiger partial charge in [0.1, 0.15) is 0 Å². The third-order valence-electron chi connectivity index (χ3n) is 6.60. The predicted molar refractivity (Wildman–Crippen MR) is 128 cm³/mol. The van der Waals surface area contributed by atoms with Gasteiger partial charge < -0.3 is 19.7 Å². The lowest BCUT2D eigenvalue weighted by Gasteiger charge is -2.43. The second kappa shape index (κ2) is 10.7. The van der Waals surface area contributed by atoms with E-state index in [9.17, 15) is 4.79 Å². The molecule has 0 spiro atoms. The average molecular weight is 438 g/mol. The van der Waals surface area contributed by atoms with E-state index < -0.39 is 0 Å². The van der Waals surface area contributed by atoms with Crippen molar-refractivity contribution in [2.45, 2.75) is 44.2 Å². The fourth-order valence-corrected chi connectivity index (χ4v) is 4.87. The van der Waals surface area contributed by atoms with Crippen LogP contribution in [0.2, 0.25) is 0 Å². The summed E-state index contributed by atoms with van der Waals surface area (Å²) in [6, 6.07) is 17.2. The maximum Gasteiger partial charge on any atom is 0.233 e. The van der Waals surface area contributed by atoms with Crippen molar-refractivity contribution in [1.29, 1.82) is 0 Å². The minimum atomic E-state index is 0.0635. The van der Waals surface area contributed by atoms with E-state index in [2.05, 4.69) is 57.6 Å². The number of likely N-dealkylation sites (N-methyl/N-ethyl adjacent to an activating group) is 1. The lowest BCUT2D eigenvalue weighted by molar-refractivity contribution is -0.121. The quantitative estimate of drug-likeness (QED) is 0.685. The van der Waals surface area contributed by atoms with Gasteiger partial charge in [0.25, 0.3) is 0 Å². The van der Waals surface area contributed by atoms with Crippen LogP contribution in [0, 0.1) is 0 Å². The van der Waals surface area contributed by atoms with E-state index in [1.807, 2.05) is 6.07 Å². The van der Waals surface area contributed by atoms with E-state index in [0.717, 1.165) is 56.1 Å². The van der Waals surface area contributed by atoms with Gasteiger partial charge in [0.05, 0.1) is 19.8 Å². The molecular formula is C26H35N3O3.